The van der Waals surface area contributed by atoms with Gasteiger partial charge in [-0.05, 0) is 12.8 Å². The molecule has 0 aromatic heterocycles. The van der Waals surface area contributed by atoms with Gasteiger partial charge in [-0.2, -0.15) is 0 Å². The highest BCUT2D eigenvalue weighted by atomic mass is 16.5. The lowest BCUT2D eigenvalue weighted by Crippen LogP contribution is -2.27. The van der Waals surface area contributed by atoms with Crippen LogP contribution in [0, 0.1) is 0 Å². The van der Waals surface area contributed by atoms with Gasteiger partial charge in [-0.25, -0.2) is 0 Å². The maximum absolute atomic E-state index is 11.8. The minimum atomic E-state index is 0.192. The Kier molecular flexibility index (Phi) is 27.0. The highest BCUT2D eigenvalue weighted by Crippen LogP contribution is 2.13. The van der Waals surface area contributed by atoms with E-state index >= 15 is 0 Å². The molecule has 0 aliphatic carbocycles. The maximum Gasteiger partial charge on any atom is 0.220 e. The summed E-state index contributed by atoms with van der Waals surface area (Å²) < 4.78 is 5.61. The first-order chi connectivity index (χ1) is 15.3. The Morgan fingerprint density at radius 1 is 0.516 bits per heavy atom. The number of rotatable bonds is 26. The van der Waals surface area contributed by atoms with Crippen molar-refractivity contribution in [2.24, 2.45) is 0 Å². The van der Waals surface area contributed by atoms with E-state index in [1.165, 1.54) is 122 Å². The van der Waals surface area contributed by atoms with E-state index in [0.717, 1.165) is 19.4 Å². The predicted octanol–water partition coefficient (Wildman–Crippen LogP) is 8.74. The van der Waals surface area contributed by atoms with Crippen molar-refractivity contribution in [1.82, 2.24) is 5.32 Å². The molecule has 0 aliphatic rings. The molecule has 3 nitrogen and oxygen atoms in total. The van der Waals surface area contributed by atoms with Gasteiger partial charge >= 0.3 is 0 Å². The van der Waals surface area contributed by atoms with E-state index in [1.54, 1.807) is 0 Å². The second kappa shape index (κ2) is 27.5. The van der Waals surface area contributed by atoms with Crippen molar-refractivity contribution in [3.05, 3.63) is 0 Å². The van der Waals surface area contributed by atoms with E-state index in [-0.39, 0.29) is 5.91 Å². The molecule has 0 aromatic rings. The van der Waals surface area contributed by atoms with Crippen molar-refractivity contribution in [2.75, 3.05) is 19.8 Å². The second-order valence-electron chi connectivity index (χ2n) is 9.43. The predicted molar refractivity (Wildman–Crippen MR) is 137 cm³/mol. The first kappa shape index (κ1) is 30.4. The van der Waals surface area contributed by atoms with Crippen molar-refractivity contribution in [3.63, 3.8) is 0 Å². The molecule has 0 bridgehead atoms. The molecule has 0 heterocycles. The van der Waals surface area contributed by atoms with E-state index in [4.69, 9.17) is 4.74 Å². The molecule has 3 heteroatoms. The minimum absolute atomic E-state index is 0.192. The van der Waals surface area contributed by atoms with Crippen molar-refractivity contribution >= 4 is 5.91 Å². The van der Waals surface area contributed by atoms with Crippen molar-refractivity contribution < 1.29 is 9.53 Å². The molecule has 31 heavy (non-hydrogen) atoms. The number of ether oxygens (including phenoxy) is 1. The molecule has 0 saturated carbocycles. The molecular formula is C28H57NO2. The number of unbranched alkanes of at least 4 members (excludes halogenated alkanes) is 19. The van der Waals surface area contributed by atoms with Crippen LogP contribution in [0.3, 0.4) is 0 Å². The Morgan fingerprint density at radius 2 is 0.903 bits per heavy atom. The lowest BCUT2D eigenvalue weighted by Gasteiger charge is -2.07. The molecule has 0 unspecified atom stereocenters. The molecule has 0 radical (unpaired) electrons. The zero-order valence-corrected chi connectivity index (χ0v) is 21.5. The molecule has 0 aliphatic heterocycles. The molecule has 1 amide bonds. The van der Waals surface area contributed by atoms with Gasteiger partial charge in [0.15, 0.2) is 0 Å². The van der Waals surface area contributed by atoms with Crippen LogP contribution >= 0.6 is 0 Å². The van der Waals surface area contributed by atoms with Crippen LogP contribution in [0.15, 0.2) is 0 Å². The third kappa shape index (κ3) is 27.4. The van der Waals surface area contributed by atoms with Crippen LogP contribution in [0.5, 0.6) is 0 Å². The lowest BCUT2D eigenvalue weighted by atomic mass is 10.0. The Morgan fingerprint density at radius 3 is 1.35 bits per heavy atom. The van der Waals surface area contributed by atoms with Gasteiger partial charge in [0.1, 0.15) is 0 Å². The molecule has 0 spiro atoms. The van der Waals surface area contributed by atoms with Crippen LogP contribution in [0.4, 0.5) is 0 Å². The summed E-state index contributed by atoms with van der Waals surface area (Å²) in [5.74, 6) is 0.192. The van der Waals surface area contributed by atoms with E-state index in [2.05, 4.69) is 19.2 Å². The fourth-order valence-electron chi connectivity index (χ4n) is 4.09. The number of hydrogen-bond acceptors (Lipinski definition) is 2. The normalized spacial score (nSPS) is 11.2. The van der Waals surface area contributed by atoms with Crippen LogP contribution in [0.25, 0.3) is 0 Å². The highest BCUT2D eigenvalue weighted by Gasteiger charge is 2.01. The van der Waals surface area contributed by atoms with Crippen molar-refractivity contribution in [2.45, 2.75) is 155 Å². The van der Waals surface area contributed by atoms with Gasteiger partial charge in [-0.1, -0.05) is 136 Å². The molecule has 0 rings (SSSR count). The SMILES string of the molecule is CCCCCCCCCCCCCCCCCC(=O)NCCOCCCCCCCC. The van der Waals surface area contributed by atoms with Crippen LogP contribution in [-0.2, 0) is 9.53 Å². The molecule has 0 saturated heterocycles. The van der Waals surface area contributed by atoms with Crippen LogP contribution in [0.1, 0.15) is 155 Å². The largest absolute Gasteiger partial charge is 0.380 e. The van der Waals surface area contributed by atoms with E-state index < -0.39 is 0 Å². The molecule has 0 fully saturated rings. The van der Waals surface area contributed by atoms with Crippen LogP contribution in [0.2, 0.25) is 0 Å². The summed E-state index contributed by atoms with van der Waals surface area (Å²) in [7, 11) is 0. The highest BCUT2D eigenvalue weighted by molar-refractivity contribution is 5.75. The van der Waals surface area contributed by atoms with Crippen molar-refractivity contribution in [3.8, 4) is 0 Å². The quantitative estimate of drug-likeness (QED) is 0.137. The standard InChI is InChI=1S/C28H57NO2/c1-3-5-7-9-11-12-13-14-15-16-17-18-19-20-22-24-28(30)29-25-27-31-26-23-21-10-8-6-4-2/h3-27H2,1-2H3,(H,29,30). The summed E-state index contributed by atoms with van der Waals surface area (Å²) in [5, 5.41) is 2.99. The van der Waals surface area contributed by atoms with Crippen molar-refractivity contribution in [1.29, 1.82) is 0 Å². The molecule has 0 atom stereocenters. The Balaban J connectivity index is 3.13. The zero-order valence-electron chi connectivity index (χ0n) is 21.5. The first-order valence-electron chi connectivity index (χ1n) is 14.2. The van der Waals surface area contributed by atoms with Gasteiger partial charge in [-0.3, -0.25) is 4.79 Å². The summed E-state index contributed by atoms with van der Waals surface area (Å²) >= 11 is 0. The summed E-state index contributed by atoms with van der Waals surface area (Å²) in [6, 6.07) is 0. The van der Waals surface area contributed by atoms with Gasteiger partial charge in [-0.15, -0.1) is 0 Å². The number of carbonyl (C=O) groups is 1. The maximum atomic E-state index is 11.8. The molecular weight excluding hydrogens is 382 g/mol. The number of nitrogens with one attached hydrogen (secondary N) is 1. The number of carbonyl (C=O) groups excluding carboxylic acids is 1. The van der Waals surface area contributed by atoms with Gasteiger partial charge in [0.2, 0.25) is 5.91 Å². The fraction of sp³-hybridized carbons (Fsp3) is 0.964. The number of hydrogen-bond donors (Lipinski definition) is 1. The Labute approximate surface area is 195 Å². The average Bonchev–Trinajstić information content (AvgIpc) is 2.77. The lowest BCUT2D eigenvalue weighted by molar-refractivity contribution is -0.121. The molecule has 0 aromatic carbocycles. The fourth-order valence-corrected chi connectivity index (χ4v) is 4.09. The summed E-state index contributed by atoms with van der Waals surface area (Å²) in [4.78, 5) is 11.8. The van der Waals surface area contributed by atoms with E-state index in [9.17, 15) is 4.79 Å². The van der Waals surface area contributed by atoms with E-state index in [1.807, 2.05) is 0 Å². The topological polar surface area (TPSA) is 38.3 Å². The Bertz CT molecular complexity index is 346. The van der Waals surface area contributed by atoms with Gasteiger partial charge < -0.3 is 10.1 Å². The summed E-state index contributed by atoms with van der Waals surface area (Å²) in [6.45, 7) is 6.68. The van der Waals surface area contributed by atoms with Gasteiger partial charge in [0.25, 0.3) is 0 Å². The van der Waals surface area contributed by atoms with E-state index in [0.29, 0.717) is 19.6 Å². The monoisotopic (exact) mass is 439 g/mol. The summed E-state index contributed by atoms with van der Waals surface area (Å²) in [5.41, 5.74) is 0. The van der Waals surface area contributed by atoms with Crippen LogP contribution in [-0.4, -0.2) is 25.7 Å². The third-order valence-corrected chi connectivity index (χ3v) is 6.22. The van der Waals surface area contributed by atoms with Crippen LogP contribution < -0.4 is 5.32 Å². The summed E-state index contributed by atoms with van der Waals surface area (Å²) in [6.07, 6.45) is 28.9. The smallest absolute Gasteiger partial charge is 0.220 e. The number of amides is 1. The Hall–Kier alpha value is -0.570. The van der Waals surface area contributed by atoms with Gasteiger partial charge in [0, 0.05) is 19.6 Å². The molecule has 186 valence electrons. The first-order valence-corrected chi connectivity index (χ1v) is 14.2. The zero-order chi connectivity index (χ0) is 22.7. The molecule has 1 N–H and O–H groups in total. The second-order valence-corrected chi connectivity index (χ2v) is 9.43. The minimum Gasteiger partial charge on any atom is -0.380 e. The van der Waals surface area contributed by atoms with Gasteiger partial charge in [0.05, 0.1) is 6.61 Å². The third-order valence-electron chi connectivity index (χ3n) is 6.22. The average molecular weight is 440 g/mol.